The van der Waals surface area contributed by atoms with E-state index in [4.69, 9.17) is 11.6 Å². The van der Waals surface area contributed by atoms with E-state index in [9.17, 15) is 21.6 Å². The van der Waals surface area contributed by atoms with Gasteiger partial charge in [0, 0.05) is 16.1 Å². The van der Waals surface area contributed by atoms with E-state index in [1.165, 1.54) is 55.5 Å². The van der Waals surface area contributed by atoms with Crippen molar-refractivity contribution in [2.75, 3.05) is 20.6 Å². The molecule has 4 aromatic rings. The number of carbonyl (C=O) groups is 1. The molecule has 0 aliphatic rings. The van der Waals surface area contributed by atoms with Crippen molar-refractivity contribution < 1.29 is 21.6 Å². The Balaban J connectivity index is 1.51. The zero-order valence-electron chi connectivity index (χ0n) is 19.9. The van der Waals surface area contributed by atoms with Crippen molar-refractivity contribution in [3.8, 4) is 0 Å². The Bertz CT molecular complexity index is 1650. The van der Waals surface area contributed by atoms with Crippen LogP contribution < -0.4 is 14.3 Å². The first-order valence-corrected chi connectivity index (χ1v) is 14.8. The zero-order valence-corrected chi connectivity index (χ0v) is 22.3. The van der Waals surface area contributed by atoms with Gasteiger partial charge in [-0.15, -0.1) is 0 Å². The topological polar surface area (TPSA) is 113 Å². The first kappa shape index (κ1) is 26.5. The second-order valence-electron chi connectivity index (χ2n) is 8.36. The Morgan fingerprint density at radius 3 is 2.11 bits per heavy atom. The van der Waals surface area contributed by atoms with Crippen LogP contribution in [-0.4, -0.2) is 35.0 Å². The first-order valence-electron chi connectivity index (χ1n) is 11.1. The number of nitrogens with zero attached hydrogens (tertiary/aromatic N) is 1. The predicted octanol–water partition coefficient (Wildman–Crippen LogP) is 5.09. The number of rotatable bonds is 8. The number of hydrogen-bond donors (Lipinski definition) is 2. The summed E-state index contributed by atoms with van der Waals surface area (Å²) in [6.45, 7) is 1.46. The van der Waals surface area contributed by atoms with Gasteiger partial charge in [0.15, 0.2) is 0 Å². The van der Waals surface area contributed by atoms with Crippen LogP contribution >= 0.6 is 11.6 Å². The fraction of sp³-hybridized carbons (Fsp3) is 0.115. The fourth-order valence-corrected chi connectivity index (χ4v) is 6.26. The van der Waals surface area contributed by atoms with Crippen molar-refractivity contribution in [3.05, 3.63) is 96.0 Å². The van der Waals surface area contributed by atoms with Gasteiger partial charge in [-0.2, -0.15) is 0 Å². The van der Waals surface area contributed by atoms with Crippen molar-refractivity contribution in [1.29, 1.82) is 0 Å². The molecule has 37 heavy (non-hydrogen) atoms. The van der Waals surface area contributed by atoms with Crippen LogP contribution in [0.1, 0.15) is 6.92 Å². The van der Waals surface area contributed by atoms with Crippen molar-refractivity contribution in [2.24, 2.45) is 0 Å². The van der Waals surface area contributed by atoms with Gasteiger partial charge in [-0.3, -0.25) is 13.8 Å². The smallest absolute Gasteiger partial charge is 0.261 e. The highest BCUT2D eigenvalue weighted by Crippen LogP contribution is 2.27. The van der Waals surface area contributed by atoms with E-state index in [-0.39, 0.29) is 10.6 Å². The number of nitrogens with one attached hydrogen (secondary N) is 2. The van der Waals surface area contributed by atoms with Crippen LogP contribution in [0.5, 0.6) is 0 Å². The van der Waals surface area contributed by atoms with Crippen LogP contribution in [0.2, 0.25) is 5.02 Å². The first-order chi connectivity index (χ1) is 17.5. The molecule has 1 atom stereocenters. The highest BCUT2D eigenvalue weighted by molar-refractivity contribution is 7.92. The summed E-state index contributed by atoms with van der Waals surface area (Å²) in [6.07, 6.45) is 1.01. The van der Waals surface area contributed by atoms with E-state index in [0.29, 0.717) is 16.4 Å². The molecule has 11 heteroatoms. The van der Waals surface area contributed by atoms with E-state index < -0.39 is 32.0 Å². The molecule has 0 aliphatic heterocycles. The lowest BCUT2D eigenvalue weighted by molar-refractivity contribution is -0.116. The molecule has 8 nitrogen and oxygen atoms in total. The van der Waals surface area contributed by atoms with Crippen LogP contribution in [0, 0.1) is 0 Å². The standard InChI is InChI=1S/C26H24ClN3O5S2/c1-18(30(36(2,32)33)22-14-10-20(27)11-15-22)26(31)28-21-12-16-23(17-13-21)37(34,35)29-25-9-5-7-19-6-3-4-8-24(19)25/h3-18,29H,1-2H3,(H,28,31). The molecule has 2 N–H and O–H groups in total. The van der Waals surface area contributed by atoms with Crippen LogP contribution in [0.3, 0.4) is 0 Å². The largest absolute Gasteiger partial charge is 0.324 e. The molecule has 0 fully saturated rings. The van der Waals surface area contributed by atoms with Crippen LogP contribution in [0.15, 0.2) is 95.9 Å². The van der Waals surface area contributed by atoms with E-state index in [1.807, 2.05) is 30.3 Å². The molecular weight excluding hydrogens is 534 g/mol. The number of fused-ring (bicyclic) bond motifs is 1. The quantitative estimate of drug-likeness (QED) is 0.313. The molecule has 0 aromatic heterocycles. The lowest BCUT2D eigenvalue weighted by Crippen LogP contribution is -2.45. The molecular formula is C26H24ClN3O5S2. The minimum atomic E-state index is -3.90. The molecule has 0 radical (unpaired) electrons. The Morgan fingerprint density at radius 1 is 0.838 bits per heavy atom. The van der Waals surface area contributed by atoms with E-state index >= 15 is 0 Å². The number of sulfonamides is 2. The summed E-state index contributed by atoms with van der Waals surface area (Å²) >= 11 is 5.90. The number of amides is 1. The SMILES string of the molecule is CC(C(=O)Nc1ccc(S(=O)(=O)Nc2cccc3ccccc23)cc1)N(c1ccc(Cl)cc1)S(C)(=O)=O. The zero-order chi connectivity index (χ0) is 26.8. The van der Waals surface area contributed by atoms with E-state index in [0.717, 1.165) is 21.3 Å². The second-order valence-corrected chi connectivity index (χ2v) is 12.3. The van der Waals surface area contributed by atoms with Gasteiger partial charge in [0.1, 0.15) is 6.04 Å². The lowest BCUT2D eigenvalue weighted by Gasteiger charge is -2.28. The third-order valence-corrected chi connectivity index (χ3v) is 8.51. The predicted molar refractivity (Wildman–Crippen MR) is 148 cm³/mol. The van der Waals surface area contributed by atoms with Crippen LogP contribution in [-0.2, 0) is 24.8 Å². The van der Waals surface area contributed by atoms with Crippen molar-refractivity contribution in [2.45, 2.75) is 17.9 Å². The Labute approximate surface area is 221 Å². The summed E-state index contributed by atoms with van der Waals surface area (Å²) in [7, 11) is -7.70. The Morgan fingerprint density at radius 2 is 1.46 bits per heavy atom. The van der Waals surface area contributed by atoms with Crippen molar-refractivity contribution in [3.63, 3.8) is 0 Å². The maximum absolute atomic E-state index is 13.0. The summed E-state index contributed by atoms with van der Waals surface area (Å²) in [5, 5.41) is 4.74. The van der Waals surface area contributed by atoms with Crippen molar-refractivity contribution in [1.82, 2.24) is 0 Å². The summed E-state index contributed by atoms with van der Waals surface area (Å²) in [5.74, 6) is -0.593. The number of halogens is 1. The molecule has 4 rings (SSSR count). The summed E-state index contributed by atoms with van der Waals surface area (Å²) in [6, 6.07) is 23.4. The number of hydrogen-bond acceptors (Lipinski definition) is 5. The van der Waals surface area contributed by atoms with Gasteiger partial charge in [-0.05, 0) is 66.9 Å². The number of anilines is 3. The minimum absolute atomic E-state index is 0.00501. The molecule has 0 heterocycles. The highest BCUT2D eigenvalue weighted by atomic mass is 35.5. The maximum Gasteiger partial charge on any atom is 0.261 e. The summed E-state index contributed by atoms with van der Waals surface area (Å²) < 4.78 is 54.5. The van der Waals surface area contributed by atoms with Gasteiger partial charge in [0.25, 0.3) is 10.0 Å². The maximum atomic E-state index is 13.0. The van der Waals surface area contributed by atoms with Gasteiger partial charge >= 0.3 is 0 Å². The number of benzene rings is 4. The van der Waals surface area contributed by atoms with E-state index in [2.05, 4.69) is 10.0 Å². The summed E-state index contributed by atoms with van der Waals surface area (Å²) in [4.78, 5) is 12.9. The molecule has 1 unspecified atom stereocenters. The normalized spacial score (nSPS) is 12.6. The van der Waals surface area contributed by atoms with Gasteiger partial charge in [-0.1, -0.05) is 48.0 Å². The lowest BCUT2D eigenvalue weighted by atomic mass is 10.1. The molecule has 4 aromatic carbocycles. The van der Waals surface area contributed by atoms with Crippen LogP contribution in [0.25, 0.3) is 10.8 Å². The summed E-state index contributed by atoms with van der Waals surface area (Å²) in [5.41, 5.74) is 1.05. The molecule has 0 aliphatic carbocycles. The Hall–Kier alpha value is -3.60. The molecule has 0 saturated carbocycles. The van der Waals surface area contributed by atoms with Gasteiger partial charge in [0.2, 0.25) is 15.9 Å². The third-order valence-electron chi connectivity index (χ3n) is 5.64. The van der Waals surface area contributed by atoms with E-state index in [1.54, 1.807) is 12.1 Å². The molecule has 0 saturated heterocycles. The minimum Gasteiger partial charge on any atom is -0.324 e. The monoisotopic (exact) mass is 557 g/mol. The average molecular weight is 558 g/mol. The molecule has 0 bridgehead atoms. The molecule has 0 spiro atoms. The fourth-order valence-electron chi connectivity index (χ4n) is 3.88. The van der Waals surface area contributed by atoms with Gasteiger partial charge in [0.05, 0.1) is 22.5 Å². The third kappa shape index (κ3) is 6.04. The average Bonchev–Trinajstić information content (AvgIpc) is 2.85. The second kappa shape index (κ2) is 10.4. The molecule has 192 valence electrons. The molecule has 1 amide bonds. The van der Waals surface area contributed by atoms with Gasteiger partial charge in [-0.25, -0.2) is 16.8 Å². The van der Waals surface area contributed by atoms with Crippen molar-refractivity contribution >= 4 is 65.4 Å². The highest BCUT2D eigenvalue weighted by Gasteiger charge is 2.29. The van der Waals surface area contributed by atoms with Crippen LogP contribution in [0.4, 0.5) is 17.1 Å². The number of carbonyl (C=O) groups excluding carboxylic acids is 1. The van der Waals surface area contributed by atoms with Gasteiger partial charge < -0.3 is 5.32 Å². The Kier molecular flexibility index (Phi) is 7.44.